The molecule has 0 aliphatic rings. The number of amides is 2. The normalized spacial score (nSPS) is 12.1. The molecule has 0 saturated carbocycles. The highest BCUT2D eigenvalue weighted by Crippen LogP contribution is 2.28. The van der Waals surface area contributed by atoms with E-state index in [0.717, 1.165) is 9.87 Å². The van der Waals surface area contributed by atoms with E-state index < -0.39 is 34.4 Å². The standard InChI is InChI=1S/C26H26BrCl2N3O4S/c1-17-7-11-23(12-8-17)37(35,36)32(22-6-4-5-20(27)13-22)16-25(33)31(18(2)26(34)30-3)15-19-9-10-21(28)14-24(19)29/h4-14,18H,15-16H2,1-3H3,(H,30,34). The molecule has 196 valence electrons. The van der Waals surface area contributed by atoms with Crippen LogP contribution in [0.15, 0.2) is 76.1 Å². The van der Waals surface area contributed by atoms with Gasteiger partial charge in [0.2, 0.25) is 11.8 Å². The molecule has 0 saturated heterocycles. The van der Waals surface area contributed by atoms with Crippen LogP contribution in [0.25, 0.3) is 0 Å². The predicted molar refractivity (Wildman–Crippen MR) is 150 cm³/mol. The largest absolute Gasteiger partial charge is 0.357 e. The quantitative estimate of drug-likeness (QED) is 0.344. The van der Waals surface area contributed by atoms with Gasteiger partial charge in [-0.1, -0.05) is 69.0 Å². The zero-order valence-corrected chi connectivity index (χ0v) is 24.3. The first kappa shape index (κ1) is 29.0. The molecule has 1 N–H and O–H groups in total. The molecule has 0 aromatic heterocycles. The van der Waals surface area contributed by atoms with Crippen LogP contribution >= 0.6 is 39.1 Å². The van der Waals surface area contributed by atoms with Crippen LogP contribution in [0.1, 0.15) is 18.1 Å². The summed E-state index contributed by atoms with van der Waals surface area (Å²) in [5.41, 5.74) is 1.75. The Balaban J connectivity index is 2.05. The highest BCUT2D eigenvalue weighted by molar-refractivity contribution is 9.10. The van der Waals surface area contributed by atoms with Gasteiger partial charge in [-0.15, -0.1) is 0 Å². The van der Waals surface area contributed by atoms with Gasteiger partial charge in [-0.25, -0.2) is 8.42 Å². The van der Waals surface area contributed by atoms with Crippen LogP contribution < -0.4 is 9.62 Å². The number of hydrogen-bond donors (Lipinski definition) is 1. The lowest BCUT2D eigenvalue weighted by molar-refractivity contribution is -0.139. The number of rotatable bonds is 9. The van der Waals surface area contributed by atoms with Gasteiger partial charge >= 0.3 is 0 Å². The number of likely N-dealkylation sites (N-methyl/N-ethyl adjacent to an activating group) is 1. The number of sulfonamides is 1. The number of halogens is 3. The molecule has 1 unspecified atom stereocenters. The Morgan fingerprint density at radius 2 is 1.70 bits per heavy atom. The van der Waals surface area contributed by atoms with E-state index in [9.17, 15) is 18.0 Å². The number of benzene rings is 3. The maximum Gasteiger partial charge on any atom is 0.264 e. The molecule has 0 spiro atoms. The fourth-order valence-corrected chi connectivity index (χ4v) is 5.88. The molecule has 1 atom stereocenters. The van der Waals surface area contributed by atoms with Crippen molar-refractivity contribution in [1.82, 2.24) is 10.2 Å². The second-order valence-corrected chi connectivity index (χ2v) is 12.0. The maximum atomic E-state index is 13.7. The van der Waals surface area contributed by atoms with E-state index in [-0.39, 0.29) is 11.4 Å². The molecule has 2 amide bonds. The van der Waals surface area contributed by atoms with Gasteiger partial charge in [0.05, 0.1) is 10.6 Å². The first-order valence-electron chi connectivity index (χ1n) is 11.2. The molecule has 0 aliphatic heterocycles. The number of carbonyl (C=O) groups is 2. The lowest BCUT2D eigenvalue weighted by Gasteiger charge is -2.32. The highest BCUT2D eigenvalue weighted by Gasteiger charge is 2.32. The Kier molecular flexibility index (Phi) is 9.63. The number of aryl methyl sites for hydroxylation is 1. The third-order valence-corrected chi connectivity index (χ3v) is 8.62. The monoisotopic (exact) mass is 625 g/mol. The molecule has 3 aromatic rings. The lowest BCUT2D eigenvalue weighted by Crippen LogP contribution is -2.50. The van der Waals surface area contributed by atoms with E-state index in [1.165, 1.54) is 24.1 Å². The van der Waals surface area contributed by atoms with Gasteiger partial charge in [0.1, 0.15) is 12.6 Å². The molecular weight excluding hydrogens is 601 g/mol. The van der Waals surface area contributed by atoms with Gasteiger partial charge < -0.3 is 10.2 Å². The molecule has 0 radical (unpaired) electrons. The zero-order valence-electron chi connectivity index (χ0n) is 20.4. The van der Waals surface area contributed by atoms with Crippen molar-refractivity contribution in [1.29, 1.82) is 0 Å². The van der Waals surface area contributed by atoms with Gasteiger partial charge in [0.15, 0.2) is 0 Å². The van der Waals surface area contributed by atoms with E-state index in [1.54, 1.807) is 61.5 Å². The molecule has 0 bridgehead atoms. The van der Waals surface area contributed by atoms with Crippen molar-refractivity contribution in [2.45, 2.75) is 31.3 Å². The summed E-state index contributed by atoms with van der Waals surface area (Å²) in [6.07, 6.45) is 0. The van der Waals surface area contributed by atoms with Crippen LogP contribution in [-0.2, 0) is 26.2 Å². The second-order valence-electron chi connectivity index (χ2n) is 8.35. The van der Waals surface area contributed by atoms with Gasteiger partial charge in [0.25, 0.3) is 10.0 Å². The SMILES string of the molecule is CNC(=O)C(C)N(Cc1ccc(Cl)cc1Cl)C(=O)CN(c1cccc(Br)c1)S(=O)(=O)c1ccc(C)cc1. The Hall–Kier alpha value is -2.59. The molecule has 7 nitrogen and oxygen atoms in total. The summed E-state index contributed by atoms with van der Waals surface area (Å²) in [6.45, 7) is 2.85. The molecule has 0 fully saturated rings. The van der Waals surface area contributed by atoms with Gasteiger partial charge in [0, 0.05) is 28.1 Å². The Bertz CT molecular complexity index is 1400. The third kappa shape index (κ3) is 7.04. The van der Waals surface area contributed by atoms with Crippen molar-refractivity contribution in [3.63, 3.8) is 0 Å². The van der Waals surface area contributed by atoms with Gasteiger partial charge in [-0.3, -0.25) is 13.9 Å². The minimum absolute atomic E-state index is 0.0275. The summed E-state index contributed by atoms with van der Waals surface area (Å²) in [7, 11) is -2.67. The van der Waals surface area contributed by atoms with Crippen LogP contribution in [0, 0.1) is 6.92 Å². The van der Waals surface area contributed by atoms with Crippen molar-refractivity contribution in [2.24, 2.45) is 0 Å². The van der Waals surface area contributed by atoms with Crippen molar-refractivity contribution in [3.05, 3.63) is 92.4 Å². The van der Waals surface area contributed by atoms with Crippen molar-refractivity contribution in [2.75, 3.05) is 17.9 Å². The predicted octanol–water partition coefficient (Wildman–Crippen LogP) is 5.42. The summed E-state index contributed by atoms with van der Waals surface area (Å²) < 4.78 is 29.2. The summed E-state index contributed by atoms with van der Waals surface area (Å²) >= 11 is 15.7. The smallest absolute Gasteiger partial charge is 0.264 e. The van der Waals surface area contributed by atoms with Gasteiger partial charge in [-0.05, 0) is 61.9 Å². The first-order valence-corrected chi connectivity index (χ1v) is 14.2. The summed E-state index contributed by atoms with van der Waals surface area (Å²) in [5, 5.41) is 3.29. The molecule has 0 heterocycles. The minimum atomic E-state index is -4.13. The number of nitrogens with one attached hydrogen (secondary N) is 1. The maximum absolute atomic E-state index is 13.7. The molecular formula is C26H26BrCl2N3O4S. The summed E-state index contributed by atoms with van der Waals surface area (Å²) in [6, 6.07) is 17.0. The molecule has 3 aromatic carbocycles. The molecule has 0 aliphatic carbocycles. The van der Waals surface area contributed by atoms with Crippen molar-refractivity contribution in [3.8, 4) is 0 Å². The topological polar surface area (TPSA) is 86.8 Å². The van der Waals surface area contributed by atoms with Crippen LogP contribution in [0.2, 0.25) is 10.0 Å². The molecule has 3 rings (SSSR count). The summed E-state index contributed by atoms with van der Waals surface area (Å²) in [5.74, 6) is -0.994. The molecule has 37 heavy (non-hydrogen) atoms. The number of anilines is 1. The fraction of sp³-hybridized carbons (Fsp3) is 0.231. The van der Waals surface area contributed by atoms with Gasteiger partial charge in [-0.2, -0.15) is 0 Å². The minimum Gasteiger partial charge on any atom is -0.357 e. The average Bonchev–Trinajstić information content (AvgIpc) is 2.86. The second kappa shape index (κ2) is 12.3. The number of carbonyl (C=O) groups excluding carboxylic acids is 2. The van der Waals surface area contributed by atoms with Crippen LogP contribution in [0.5, 0.6) is 0 Å². The first-order chi connectivity index (χ1) is 17.4. The van der Waals surface area contributed by atoms with Crippen LogP contribution in [-0.4, -0.2) is 44.8 Å². The van der Waals surface area contributed by atoms with E-state index >= 15 is 0 Å². The van der Waals surface area contributed by atoms with E-state index in [0.29, 0.717) is 25.8 Å². The lowest BCUT2D eigenvalue weighted by atomic mass is 10.1. The van der Waals surface area contributed by atoms with Crippen LogP contribution in [0.4, 0.5) is 5.69 Å². The number of nitrogens with zero attached hydrogens (tertiary/aromatic N) is 2. The Morgan fingerprint density at radius 1 is 1.03 bits per heavy atom. The Morgan fingerprint density at radius 3 is 2.30 bits per heavy atom. The van der Waals surface area contributed by atoms with Crippen molar-refractivity contribution >= 4 is 66.7 Å². The molecule has 11 heteroatoms. The van der Waals surface area contributed by atoms with E-state index in [2.05, 4.69) is 21.2 Å². The fourth-order valence-electron chi connectivity index (χ4n) is 3.62. The number of hydrogen-bond acceptors (Lipinski definition) is 4. The Labute approximate surface area is 235 Å². The zero-order chi connectivity index (χ0) is 27.3. The van der Waals surface area contributed by atoms with E-state index in [1.807, 2.05) is 6.92 Å². The third-order valence-electron chi connectivity index (χ3n) is 5.75. The highest BCUT2D eigenvalue weighted by atomic mass is 79.9. The summed E-state index contributed by atoms with van der Waals surface area (Å²) in [4.78, 5) is 27.6. The van der Waals surface area contributed by atoms with Crippen molar-refractivity contribution < 1.29 is 18.0 Å². The van der Waals surface area contributed by atoms with E-state index in [4.69, 9.17) is 23.2 Å². The van der Waals surface area contributed by atoms with Crippen LogP contribution in [0.3, 0.4) is 0 Å². The average molecular weight is 627 g/mol.